The summed E-state index contributed by atoms with van der Waals surface area (Å²) in [6.07, 6.45) is 0. The number of H-pyrrole nitrogens is 1. The molecule has 6 nitrogen and oxygen atoms in total. The SMILES string of the molecule is Cc1ccc(NC(N)=NCc2nc(C(C)C)n[nH]2)cc1C. The van der Waals surface area contributed by atoms with Crippen molar-refractivity contribution < 1.29 is 0 Å². The van der Waals surface area contributed by atoms with Crippen LogP contribution in [-0.2, 0) is 6.54 Å². The first-order valence-electron chi connectivity index (χ1n) is 7.01. The van der Waals surface area contributed by atoms with E-state index in [1.54, 1.807) is 0 Å². The van der Waals surface area contributed by atoms with Gasteiger partial charge in [0.1, 0.15) is 12.4 Å². The second-order valence-corrected chi connectivity index (χ2v) is 5.42. The quantitative estimate of drug-likeness (QED) is 0.594. The van der Waals surface area contributed by atoms with Crippen LogP contribution in [0, 0.1) is 13.8 Å². The summed E-state index contributed by atoms with van der Waals surface area (Å²) in [6, 6.07) is 6.08. The highest BCUT2D eigenvalue weighted by Gasteiger charge is 2.06. The van der Waals surface area contributed by atoms with Crippen LogP contribution in [-0.4, -0.2) is 21.1 Å². The first-order valence-corrected chi connectivity index (χ1v) is 7.01. The summed E-state index contributed by atoms with van der Waals surface area (Å²) >= 11 is 0. The van der Waals surface area contributed by atoms with Crippen molar-refractivity contribution in [1.29, 1.82) is 0 Å². The summed E-state index contributed by atoms with van der Waals surface area (Å²) in [7, 11) is 0. The van der Waals surface area contributed by atoms with Gasteiger partial charge in [-0.05, 0) is 37.1 Å². The summed E-state index contributed by atoms with van der Waals surface area (Å²) in [5, 5.41) is 10.1. The van der Waals surface area contributed by atoms with E-state index in [9.17, 15) is 0 Å². The van der Waals surface area contributed by atoms with E-state index < -0.39 is 0 Å². The molecule has 1 aromatic carbocycles. The number of anilines is 1. The number of hydrogen-bond donors (Lipinski definition) is 3. The first kappa shape index (κ1) is 15.0. The highest BCUT2D eigenvalue weighted by atomic mass is 15.2. The molecule has 0 bridgehead atoms. The van der Waals surface area contributed by atoms with E-state index in [0.717, 1.165) is 11.5 Å². The maximum absolute atomic E-state index is 5.89. The highest BCUT2D eigenvalue weighted by molar-refractivity contribution is 5.92. The van der Waals surface area contributed by atoms with Gasteiger partial charge in [-0.2, -0.15) is 5.10 Å². The predicted octanol–water partition coefficient (Wildman–Crippen LogP) is 2.47. The smallest absolute Gasteiger partial charge is 0.193 e. The van der Waals surface area contributed by atoms with Crippen LogP contribution in [0.3, 0.4) is 0 Å². The Bertz CT molecular complexity index is 641. The van der Waals surface area contributed by atoms with Crippen LogP contribution in [0.2, 0.25) is 0 Å². The zero-order valence-corrected chi connectivity index (χ0v) is 12.9. The third kappa shape index (κ3) is 4.05. The number of aromatic amines is 1. The standard InChI is InChI=1S/C15H22N6/c1-9(2)14-19-13(20-21-14)8-17-15(16)18-12-6-5-10(3)11(4)7-12/h5-7,9H,8H2,1-4H3,(H3,16,17,18)(H,19,20,21). The molecule has 1 aromatic heterocycles. The van der Waals surface area contributed by atoms with Gasteiger partial charge in [0, 0.05) is 11.6 Å². The van der Waals surface area contributed by atoms with Crippen molar-refractivity contribution >= 4 is 11.6 Å². The lowest BCUT2D eigenvalue weighted by Gasteiger charge is -2.07. The molecule has 0 fully saturated rings. The maximum Gasteiger partial charge on any atom is 0.193 e. The zero-order valence-electron chi connectivity index (χ0n) is 12.9. The number of nitrogens with one attached hydrogen (secondary N) is 2. The van der Waals surface area contributed by atoms with Crippen molar-refractivity contribution in [2.75, 3.05) is 5.32 Å². The number of benzene rings is 1. The van der Waals surface area contributed by atoms with Crippen LogP contribution in [0.1, 0.15) is 42.5 Å². The molecule has 112 valence electrons. The number of nitrogens with zero attached hydrogens (tertiary/aromatic N) is 3. The second-order valence-electron chi connectivity index (χ2n) is 5.42. The van der Waals surface area contributed by atoms with E-state index in [2.05, 4.69) is 45.4 Å². The van der Waals surface area contributed by atoms with Gasteiger partial charge in [-0.25, -0.2) is 9.98 Å². The van der Waals surface area contributed by atoms with Gasteiger partial charge in [0.05, 0.1) is 0 Å². The van der Waals surface area contributed by atoms with Crippen LogP contribution in [0.4, 0.5) is 5.69 Å². The van der Waals surface area contributed by atoms with Gasteiger partial charge in [-0.15, -0.1) is 0 Å². The minimum absolute atomic E-state index is 0.296. The van der Waals surface area contributed by atoms with Crippen molar-refractivity contribution in [1.82, 2.24) is 15.2 Å². The Morgan fingerprint density at radius 2 is 2.10 bits per heavy atom. The van der Waals surface area contributed by atoms with E-state index in [1.807, 2.05) is 26.0 Å². The largest absolute Gasteiger partial charge is 0.370 e. The number of aryl methyl sites for hydroxylation is 2. The fraction of sp³-hybridized carbons (Fsp3) is 0.400. The zero-order chi connectivity index (χ0) is 15.4. The molecule has 0 radical (unpaired) electrons. The van der Waals surface area contributed by atoms with Crippen LogP contribution >= 0.6 is 0 Å². The number of aliphatic imine (C=N–C) groups is 1. The van der Waals surface area contributed by atoms with E-state index >= 15 is 0 Å². The van der Waals surface area contributed by atoms with E-state index in [-0.39, 0.29) is 0 Å². The van der Waals surface area contributed by atoms with E-state index in [4.69, 9.17) is 5.73 Å². The van der Waals surface area contributed by atoms with Gasteiger partial charge in [0.25, 0.3) is 0 Å². The van der Waals surface area contributed by atoms with Crippen LogP contribution in [0.15, 0.2) is 23.2 Å². The normalized spacial score (nSPS) is 12.0. The molecular formula is C15H22N6. The van der Waals surface area contributed by atoms with Crippen molar-refractivity contribution in [2.45, 2.75) is 40.2 Å². The highest BCUT2D eigenvalue weighted by Crippen LogP contribution is 2.14. The minimum atomic E-state index is 0.296. The van der Waals surface area contributed by atoms with E-state index in [0.29, 0.717) is 24.2 Å². The summed E-state index contributed by atoms with van der Waals surface area (Å²) < 4.78 is 0. The van der Waals surface area contributed by atoms with Crippen LogP contribution in [0.5, 0.6) is 0 Å². The molecule has 4 N–H and O–H groups in total. The molecule has 0 unspecified atom stereocenters. The van der Waals surface area contributed by atoms with Crippen molar-refractivity contribution in [3.63, 3.8) is 0 Å². The summed E-state index contributed by atoms with van der Waals surface area (Å²) in [4.78, 5) is 8.62. The molecule has 0 spiro atoms. The third-order valence-electron chi connectivity index (χ3n) is 3.24. The van der Waals surface area contributed by atoms with Crippen molar-refractivity contribution in [2.24, 2.45) is 10.7 Å². The Labute approximate surface area is 124 Å². The Kier molecular flexibility index (Phi) is 4.57. The monoisotopic (exact) mass is 286 g/mol. The number of nitrogens with two attached hydrogens (primary N) is 1. The van der Waals surface area contributed by atoms with Crippen LogP contribution in [0.25, 0.3) is 0 Å². The van der Waals surface area contributed by atoms with Crippen molar-refractivity contribution in [3.05, 3.63) is 41.0 Å². The molecule has 0 saturated heterocycles. The molecule has 0 amide bonds. The number of aromatic nitrogens is 3. The second kappa shape index (κ2) is 6.39. The molecule has 0 aliphatic heterocycles. The van der Waals surface area contributed by atoms with Gasteiger partial charge in [0.15, 0.2) is 11.8 Å². The molecule has 2 aromatic rings. The molecule has 6 heteroatoms. The molecule has 2 rings (SSSR count). The summed E-state index contributed by atoms with van der Waals surface area (Å²) in [5.41, 5.74) is 9.28. The molecule has 0 aliphatic carbocycles. The molecule has 0 saturated carbocycles. The predicted molar refractivity (Wildman–Crippen MR) is 85.3 cm³/mol. The molecule has 0 aliphatic rings. The van der Waals surface area contributed by atoms with Crippen LogP contribution < -0.4 is 11.1 Å². The summed E-state index contributed by atoms with van der Waals surface area (Å²) in [5.74, 6) is 2.16. The Morgan fingerprint density at radius 3 is 2.71 bits per heavy atom. The molecule has 1 heterocycles. The number of guanidine groups is 1. The number of hydrogen-bond acceptors (Lipinski definition) is 3. The van der Waals surface area contributed by atoms with Gasteiger partial charge >= 0.3 is 0 Å². The average Bonchev–Trinajstić information content (AvgIpc) is 2.90. The molecule has 21 heavy (non-hydrogen) atoms. The number of rotatable bonds is 4. The molecule has 0 atom stereocenters. The maximum atomic E-state index is 5.89. The van der Waals surface area contributed by atoms with E-state index in [1.165, 1.54) is 11.1 Å². The first-order chi connectivity index (χ1) is 9.95. The average molecular weight is 286 g/mol. The topological polar surface area (TPSA) is 92.0 Å². The Morgan fingerprint density at radius 1 is 1.33 bits per heavy atom. The lowest BCUT2D eigenvalue weighted by Crippen LogP contribution is -2.22. The Hall–Kier alpha value is -2.37. The lowest BCUT2D eigenvalue weighted by molar-refractivity contribution is 0.780. The fourth-order valence-electron chi connectivity index (χ4n) is 1.81. The third-order valence-corrected chi connectivity index (χ3v) is 3.24. The molecular weight excluding hydrogens is 264 g/mol. The fourth-order valence-corrected chi connectivity index (χ4v) is 1.81. The van der Waals surface area contributed by atoms with Gasteiger partial charge in [0.2, 0.25) is 0 Å². The minimum Gasteiger partial charge on any atom is -0.370 e. The van der Waals surface area contributed by atoms with Gasteiger partial charge < -0.3 is 11.1 Å². The van der Waals surface area contributed by atoms with Crippen molar-refractivity contribution in [3.8, 4) is 0 Å². The lowest BCUT2D eigenvalue weighted by atomic mass is 10.1. The summed E-state index contributed by atoms with van der Waals surface area (Å²) in [6.45, 7) is 8.61. The Balaban J connectivity index is 1.98. The van der Waals surface area contributed by atoms with Gasteiger partial charge in [-0.3, -0.25) is 5.10 Å². The van der Waals surface area contributed by atoms with Gasteiger partial charge in [-0.1, -0.05) is 19.9 Å².